The van der Waals surface area contributed by atoms with Crippen molar-refractivity contribution in [2.24, 2.45) is 0 Å². The molecule has 1 fully saturated rings. The van der Waals surface area contributed by atoms with Gasteiger partial charge in [-0.1, -0.05) is 45.0 Å². The Hall–Kier alpha value is -4.02. The lowest BCUT2D eigenvalue weighted by molar-refractivity contribution is -0.138. The maximum atomic E-state index is 13.5. The summed E-state index contributed by atoms with van der Waals surface area (Å²) >= 11 is 0. The van der Waals surface area contributed by atoms with E-state index >= 15 is 0 Å². The lowest BCUT2D eigenvalue weighted by atomic mass is 9.86. The van der Waals surface area contributed by atoms with E-state index in [4.69, 9.17) is 0 Å². The van der Waals surface area contributed by atoms with Crippen LogP contribution in [0, 0.1) is 5.82 Å². The van der Waals surface area contributed by atoms with E-state index in [0.29, 0.717) is 30.9 Å². The molecule has 198 valence electrons. The first-order valence-electron chi connectivity index (χ1n) is 12.2. The number of aromatic nitrogens is 4. The monoisotopic (exact) mass is 526 g/mol. The summed E-state index contributed by atoms with van der Waals surface area (Å²) in [7, 11) is 0. The molecule has 0 aliphatic carbocycles. The van der Waals surface area contributed by atoms with Crippen LogP contribution in [0.3, 0.4) is 0 Å². The highest BCUT2D eigenvalue weighted by Crippen LogP contribution is 2.33. The molecule has 7 nitrogen and oxygen atoms in total. The van der Waals surface area contributed by atoms with Gasteiger partial charge < -0.3 is 9.80 Å². The summed E-state index contributed by atoms with van der Waals surface area (Å²) in [6, 6.07) is 12.2. The summed E-state index contributed by atoms with van der Waals surface area (Å²) in [5.74, 6) is -1.00. The van der Waals surface area contributed by atoms with Gasteiger partial charge in [-0.15, -0.1) is 5.10 Å². The van der Waals surface area contributed by atoms with E-state index in [-0.39, 0.29) is 18.5 Å². The second-order valence-corrected chi connectivity index (χ2v) is 10.2. The summed E-state index contributed by atoms with van der Waals surface area (Å²) in [5.41, 5.74) is 1.17. The number of alkyl halides is 3. The molecule has 2 aromatic heterocycles. The highest BCUT2D eigenvalue weighted by molar-refractivity contribution is 5.96. The summed E-state index contributed by atoms with van der Waals surface area (Å²) in [6.45, 7) is 7.42. The van der Waals surface area contributed by atoms with Crippen molar-refractivity contribution >= 4 is 17.6 Å². The topological polar surface area (TPSA) is 66.6 Å². The molecular formula is C27H26F4N6O. The summed E-state index contributed by atoms with van der Waals surface area (Å²) < 4.78 is 55.3. The number of halogens is 4. The zero-order chi connectivity index (χ0) is 27.2. The number of fused-ring (bicyclic) bond motifs is 1. The minimum Gasteiger partial charge on any atom is -0.336 e. The molecule has 1 aliphatic rings. The summed E-state index contributed by atoms with van der Waals surface area (Å²) in [4.78, 5) is 24.9. The molecule has 5 rings (SSSR count). The van der Waals surface area contributed by atoms with Crippen molar-refractivity contribution in [3.8, 4) is 11.3 Å². The number of hydrogen-bond donors (Lipinski definition) is 0. The average molecular weight is 527 g/mol. The number of anilines is 1. The Morgan fingerprint density at radius 2 is 1.61 bits per heavy atom. The highest BCUT2D eigenvalue weighted by atomic mass is 19.4. The molecule has 2 aromatic carbocycles. The Morgan fingerprint density at radius 1 is 0.921 bits per heavy atom. The first kappa shape index (κ1) is 25.6. The number of hydrogen-bond acceptors (Lipinski definition) is 5. The van der Waals surface area contributed by atoms with Gasteiger partial charge in [-0.05, 0) is 35.2 Å². The molecule has 11 heteroatoms. The smallest absolute Gasteiger partial charge is 0.336 e. The van der Waals surface area contributed by atoms with Gasteiger partial charge in [0.15, 0.2) is 0 Å². The van der Waals surface area contributed by atoms with Crippen LogP contribution in [0.1, 0.15) is 42.3 Å². The maximum absolute atomic E-state index is 13.5. The fourth-order valence-corrected chi connectivity index (χ4v) is 4.49. The van der Waals surface area contributed by atoms with Crippen LogP contribution < -0.4 is 4.90 Å². The van der Waals surface area contributed by atoms with Crippen LogP contribution in [0.25, 0.3) is 17.0 Å². The molecule has 1 aliphatic heterocycles. The second-order valence-electron chi connectivity index (χ2n) is 10.2. The van der Waals surface area contributed by atoms with Crippen molar-refractivity contribution in [1.29, 1.82) is 0 Å². The van der Waals surface area contributed by atoms with Gasteiger partial charge in [0.2, 0.25) is 5.95 Å². The molecule has 3 heterocycles. The van der Waals surface area contributed by atoms with E-state index in [0.717, 1.165) is 23.4 Å². The van der Waals surface area contributed by atoms with Gasteiger partial charge in [-0.25, -0.2) is 9.37 Å². The van der Waals surface area contributed by atoms with Crippen molar-refractivity contribution in [1.82, 2.24) is 24.5 Å². The Bertz CT molecular complexity index is 1480. The molecule has 38 heavy (non-hydrogen) atoms. The highest BCUT2D eigenvalue weighted by Gasteiger charge is 2.37. The van der Waals surface area contributed by atoms with E-state index in [1.54, 1.807) is 10.7 Å². The fraction of sp³-hybridized carbons (Fsp3) is 0.333. The van der Waals surface area contributed by atoms with Crippen LogP contribution >= 0.6 is 0 Å². The van der Waals surface area contributed by atoms with Crippen LogP contribution in [0.5, 0.6) is 0 Å². The zero-order valence-corrected chi connectivity index (χ0v) is 21.1. The second kappa shape index (κ2) is 9.38. The van der Waals surface area contributed by atoms with Gasteiger partial charge in [-0.3, -0.25) is 4.79 Å². The van der Waals surface area contributed by atoms with Crippen LogP contribution in [-0.2, 0) is 11.6 Å². The predicted octanol–water partition coefficient (Wildman–Crippen LogP) is 5.21. The van der Waals surface area contributed by atoms with E-state index in [2.05, 4.69) is 48.0 Å². The largest absolute Gasteiger partial charge is 0.417 e. The molecule has 0 N–H and O–H groups in total. The van der Waals surface area contributed by atoms with Crippen LogP contribution in [-0.4, -0.2) is 56.6 Å². The predicted molar refractivity (Wildman–Crippen MR) is 134 cm³/mol. The maximum Gasteiger partial charge on any atom is 0.417 e. The fourth-order valence-electron chi connectivity index (χ4n) is 4.49. The number of rotatable bonds is 3. The molecule has 4 aromatic rings. The lowest BCUT2D eigenvalue weighted by Crippen LogP contribution is -2.49. The number of benzene rings is 2. The Kier molecular flexibility index (Phi) is 6.32. The van der Waals surface area contributed by atoms with Crippen LogP contribution in [0.15, 0.2) is 54.7 Å². The van der Waals surface area contributed by atoms with E-state index in [9.17, 15) is 22.4 Å². The van der Waals surface area contributed by atoms with Crippen molar-refractivity contribution in [3.05, 3.63) is 77.2 Å². The van der Waals surface area contributed by atoms with Crippen molar-refractivity contribution in [2.45, 2.75) is 32.4 Å². The number of carbonyl (C=O) groups is 1. The van der Waals surface area contributed by atoms with Gasteiger partial charge in [0.1, 0.15) is 5.82 Å². The van der Waals surface area contributed by atoms with Crippen molar-refractivity contribution in [2.75, 3.05) is 31.1 Å². The van der Waals surface area contributed by atoms with E-state index in [1.807, 2.05) is 23.1 Å². The SMILES string of the molecule is CC(C)(C)c1ccc(-c2ccnc3nc(N4CCN(C(=O)c5ccc(F)cc5C(F)(F)F)CC4)nn23)cc1. The Labute approximate surface area is 216 Å². The standard InChI is InChI=1S/C27H26F4N6O/c1-26(2,3)18-6-4-17(5-7-18)22-10-11-32-24-33-25(34-37(22)24)36-14-12-35(13-15-36)23(38)20-9-8-19(28)16-21(20)27(29,30)31/h4-11,16H,12-15H2,1-3H3. The van der Waals surface area contributed by atoms with Crippen molar-refractivity contribution < 1.29 is 22.4 Å². The van der Waals surface area contributed by atoms with Gasteiger partial charge >= 0.3 is 6.18 Å². The Balaban J connectivity index is 1.34. The van der Waals surface area contributed by atoms with E-state index < -0.39 is 29.0 Å². The third-order valence-electron chi connectivity index (χ3n) is 6.64. The lowest BCUT2D eigenvalue weighted by Gasteiger charge is -2.34. The van der Waals surface area contributed by atoms with E-state index in [1.165, 1.54) is 10.5 Å². The number of amides is 1. The molecule has 1 saturated heterocycles. The normalized spacial score (nSPS) is 14.8. The molecular weight excluding hydrogens is 500 g/mol. The van der Waals surface area contributed by atoms with Gasteiger partial charge in [0.25, 0.3) is 11.7 Å². The number of nitrogens with zero attached hydrogens (tertiary/aromatic N) is 6. The first-order valence-corrected chi connectivity index (χ1v) is 12.2. The van der Waals surface area contributed by atoms with Gasteiger partial charge in [0, 0.05) is 37.9 Å². The molecule has 0 spiro atoms. The van der Waals surface area contributed by atoms with Crippen LogP contribution in [0.2, 0.25) is 0 Å². The molecule has 0 atom stereocenters. The average Bonchev–Trinajstić information content (AvgIpc) is 3.32. The molecule has 0 saturated carbocycles. The molecule has 0 radical (unpaired) electrons. The summed E-state index contributed by atoms with van der Waals surface area (Å²) in [5, 5.41) is 4.64. The first-order chi connectivity index (χ1) is 17.9. The minimum absolute atomic E-state index is 0.0288. The molecule has 0 bridgehead atoms. The Morgan fingerprint density at radius 3 is 2.24 bits per heavy atom. The van der Waals surface area contributed by atoms with Gasteiger partial charge in [-0.2, -0.15) is 22.7 Å². The summed E-state index contributed by atoms with van der Waals surface area (Å²) in [6.07, 6.45) is -3.18. The third kappa shape index (κ3) is 4.92. The quantitative estimate of drug-likeness (QED) is 0.343. The number of piperazine rings is 1. The zero-order valence-electron chi connectivity index (χ0n) is 21.1. The third-order valence-corrected chi connectivity index (χ3v) is 6.64. The van der Waals surface area contributed by atoms with Crippen molar-refractivity contribution in [3.63, 3.8) is 0 Å². The van der Waals surface area contributed by atoms with Gasteiger partial charge in [0.05, 0.1) is 16.8 Å². The molecule has 1 amide bonds. The number of carbonyl (C=O) groups excluding carboxylic acids is 1. The molecule has 0 unspecified atom stereocenters. The minimum atomic E-state index is -4.84. The van der Waals surface area contributed by atoms with Crippen LogP contribution in [0.4, 0.5) is 23.5 Å².